The van der Waals surface area contributed by atoms with Crippen LogP contribution in [0.1, 0.15) is 44.7 Å². The first kappa shape index (κ1) is 23.2. The molecule has 1 saturated heterocycles. The van der Waals surface area contributed by atoms with Crippen molar-refractivity contribution in [3.63, 3.8) is 0 Å². The number of ether oxygens (including phenoxy) is 3. The Bertz CT molecular complexity index is 974. The molecule has 0 saturated carbocycles. The molecule has 0 radical (unpaired) electrons. The lowest BCUT2D eigenvalue weighted by Crippen LogP contribution is -2.46. The van der Waals surface area contributed by atoms with Crippen molar-refractivity contribution in [2.24, 2.45) is 0 Å². The second-order valence-corrected chi connectivity index (χ2v) is 10.4. The number of rotatable bonds is 5. The highest BCUT2D eigenvalue weighted by Gasteiger charge is 2.43. The number of esters is 1. The molecule has 0 amide bonds. The minimum atomic E-state index is -0.455. The van der Waals surface area contributed by atoms with E-state index in [0.29, 0.717) is 29.8 Å². The lowest BCUT2D eigenvalue weighted by atomic mass is 9.74. The second-order valence-electron chi connectivity index (χ2n) is 9.58. The number of nitrogens with zero attached hydrogens (tertiary/aromatic N) is 1. The number of hydrogen-bond donors (Lipinski definition) is 0. The molecule has 0 unspecified atom stereocenters. The molecule has 5 nitrogen and oxygen atoms in total. The van der Waals surface area contributed by atoms with Crippen LogP contribution in [0.15, 0.2) is 36.4 Å². The van der Waals surface area contributed by atoms with Crippen LogP contribution in [0.2, 0.25) is 10.0 Å². The molecule has 2 aromatic rings. The van der Waals surface area contributed by atoms with Crippen LogP contribution < -0.4 is 9.47 Å². The monoisotopic (exact) mass is 477 g/mol. The quantitative estimate of drug-likeness (QED) is 0.521. The first-order valence-electron chi connectivity index (χ1n) is 10.9. The van der Waals surface area contributed by atoms with Gasteiger partial charge >= 0.3 is 5.97 Å². The Morgan fingerprint density at radius 1 is 1.12 bits per heavy atom. The zero-order chi connectivity index (χ0) is 22.9. The summed E-state index contributed by atoms with van der Waals surface area (Å²) in [5, 5.41) is 1.18. The van der Waals surface area contributed by atoms with E-state index in [1.807, 2.05) is 39.0 Å². The highest BCUT2D eigenvalue weighted by atomic mass is 35.5. The highest BCUT2D eigenvalue weighted by molar-refractivity contribution is 6.35. The maximum absolute atomic E-state index is 12.2. The van der Waals surface area contributed by atoms with Gasteiger partial charge in [-0.2, -0.15) is 0 Å². The molecule has 7 heteroatoms. The number of halogens is 2. The lowest BCUT2D eigenvalue weighted by molar-refractivity contribution is -0.156. The smallest absolute Gasteiger partial charge is 0.320 e. The standard InChI is InChI=1S/C25H29Cl2NO4/c1-24(2,3)32-23(29)14-28-11-9-25(10-12-28)16-31-22-13-17(7-8-19(22)25)30-15-18-20(26)5-4-6-21(18)27/h4-8,13H,9-12,14-16H2,1-3H3. The average molecular weight is 478 g/mol. The van der Waals surface area contributed by atoms with Crippen molar-refractivity contribution in [3.8, 4) is 11.5 Å². The summed E-state index contributed by atoms with van der Waals surface area (Å²) in [5.74, 6) is 1.42. The molecule has 0 atom stereocenters. The molecule has 0 aliphatic carbocycles. The number of hydrogen-bond acceptors (Lipinski definition) is 5. The van der Waals surface area contributed by atoms with Crippen molar-refractivity contribution < 1.29 is 19.0 Å². The summed E-state index contributed by atoms with van der Waals surface area (Å²) in [6.45, 7) is 8.64. The van der Waals surface area contributed by atoms with Gasteiger partial charge in [0.05, 0.1) is 13.2 Å². The summed E-state index contributed by atoms with van der Waals surface area (Å²) in [4.78, 5) is 14.3. The highest BCUT2D eigenvalue weighted by Crippen LogP contribution is 2.46. The third kappa shape index (κ3) is 5.16. The zero-order valence-electron chi connectivity index (χ0n) is 18.7. The Morgan fingerprint density at radius 3 is 2.47 bits per heavy atom. The molecule has 32 heavy (non-hydrogen) atoms. The molecule has 2 aliphatic rings. The summed E-state index contributed by atoms with van der Waals surface area (Å²) in [6.07, 6.45) is 1.89. The van der Waals surface area contributed by atoms with Crippen molar-refractivity contribution in [1.29, 1.82) is 0 Å². The largest absolute Gasteiger partial charge is 0.492 e. The van der Waals surface area contributed by atoms with Crippen molar-refractivity contribution >= 4 is 29.2 Å². The van der Waals surface area contributed by atoms with E-state index >= 15 is 0 Å². The van der Waals surface area contributed by atoms with E-state index in [1.54, 1.807) is 12.1 Å². The van der Waals surface area contributed by atoms with Crippen molar-refractivity contribution in [1.82, 2.24) is 4.90 Å². The Balaban J connectivity index is 1.37. The number of likely N-dealkylation sites (tertiary alicyclic amines) is 1. The van der Waals surface area contributed by atoms with Gasteiger partial charge in [-0.15, -0.1) is 0 Å². The van der Waals surface area contributed by atoms with Gasteiger partial charge in [0, 0.05) is 32.7 Å². The van der Waals surface area contributed by atoms with Gasteiger partial charge in [0.2, 0.25) is 0 Å². The van der Waals surface area contributed by atoms with Crippen LogP contribution in [0, 0.1) is 0 Å². The van der Waals surface area contributed by atoms with Crippen LogP contribution >= 0.6 is 23.2 Å². The normalized spacial score (nSPS) is 17.7. The Labute approximate surface area is 199 Å². The summed E-state index contributed by atoms with van der Waals surface area (Å²) in [5.41, 5.74) is 1.52. The predicted molar refractivity (Wildman–Crippen MR) is 126 cm³/mol. The maximum Gasteiger partial charge on any atom is 0.320 e. The molecule has 2 aliphatic heterocycles. The summed E-state index contributed by atoms with van der Waals surface area (Å²) in [6, 6.07) is 11.5. The van der Waals surface area contributed by atoms with E-state index in [0.717, 1.165) is 43.0 Å². The second kappa shape index (κ2) is 9.12. The fraction of sp³-hybridized carbons (Fsp3) is 0.480. The van der Waals surface area contributed by atoms with Crippen LogP contribution in [-0.4, -0.2) is 42.7 Å². The van der Waals surface area contributed by atoms with Crippen molar-refractivity contribution in [2.45, 2.75) is 51.2 Å². The fourth-order valence-electron chi connectivity index (χ4n) is 4.38. The Hall–Kier alpha value is -1.95. The van der Waals surface area contributed by atoms with E-state index in [2.05, 4.69) is 11.0 Å². The number of benzene rings is 2. The van der Waals surface area contributed by atoms with Gasteiger partial charge in [-0.1, -0.05) is 35.3 Å². The predicted octanol–water partition coefficient (Wildman–Crippen LogP) is 5.64. The van der Waals surface area contributed by atoms with Crippen LogP contribution in [0.4, 0.5) is 0 Å². The van der Waals surface area contributed by atoms with Crippen molar-refractivity contribution in [3.05, 3.63) is 57.6 Å². The van der Waals surface area contributed by atoms with Crippen LogP contribution in [-0.2, 0) is 21.6 Å². The van der Waals surface area contributed by atoms with E-state index in [4.69, 9.17) is 37.4 Å². The summed E-state index contributed by atoms with van der Waals surface area (Å²) >= 11 is 12.5. The molecule has 0 N–H and O–H groups in total. The molecule has 1 fully saturated rings. The molecule has 172 valence electrons. The number of carbonyl (C=O) groups excluding carboxylic acids is 1. The average Bonchev–Trinajstić information content (AvgIpc) is 3.06. The van der Waals surface area contributed by atoms with E-state index < -0.39 is 5.60 Å². The van der Waals surface area contributed by atoms with E-state index in [9.17, 15) is 4.79 Å². The molecular weight excluding hydrogens is 449 g/mol. The van der Waals surface area contributed by atoms with Gasteiger partial charge in [0.15, 0.2) is 0 Å². The summed E-state index contributed by atoms with van der Waals surface area (Å²) in [7, 11) is 0. The molecular formula is C25H29Cl2NO4. The van der Waals surface area contributed by atoms with Gasteiger partial charge in [-0.25, -0.2) is 0 Å². The van der Waals surface area contributed by atoms with Gasteiger partial charge in [0.1, 0.15) is 23.7 Å². The molecule has 0 bridgehead atoms. The molecule has 1 spiro atoms. The third-order valence-corrected chi connectivity index (χ3v) is 6.77. The third-order valence-electron chi connectivity index (χ3n) is 6.06. The minimum absolute atomic E-state index is 0.00958. The topological polar surface area (TPSA) is 48.0 Å². The first-order valence-corrected chi connectivity index (χ1v) is 11.7. The minimum Gasteiger partial charge on any atom is -0.492 e. The number of piperidine rings is 1. The van der Waals surface area contributed by atoms with Crippen LogP contribution in [0.3, 0.4) is 0 Å². The van der Waals surface area contributed by atoms with Crippen LogP contribution in [0.5, 0.6) is 11.5 Å². The Kier molecular flexibility index (Phi) is 6.62. The van der Waals surface area contributed by atoms with E-state index in [1.165, 1.54) is 5.56 Å². The van der Waals surface area contributed by atoms with Crippen molar-refractivity contribution in [2.75, 3.05) is 26.2 Å². The van der Waals surface area contributed by atoms with Gasteiger partial charge in [-0.05, 0) is 64.9 Å². The first-order chi connectivity index (χ1) is 15.2. The zero-order valence-corrected chi connectivity index (χ0v) is 20.3. The molecule has 2 heterocycles. The van der Waals surface area contributed by atoms with E-state index in [-0.39, 0.29) is 11.4 Å². The summed E-state index contributed by atoms with van der Waals surface area (Å²) < 4.78 is 17.5. The van der Waals surface area contributed by atoms with Crippen LogP contribution in [0.25, 0.3) is 0 Å². The fourth-order valence-corrected chi connectivity index (χ4v) is 4.89. The molecule has 4 rings (SSSR count). The SMILES string of the molecule is CC(C)(C)OC(=O)CN1CCC2(CC1)COc1cc(OCc3c(Cl)cccc3Cl)ccc12. The number of fused-ring (bicyclic) bond motifs is 2. The number of carbonyl (C=O) groups is 1. The maximum atomic E-state index is 12.2. The molecule has 2 aromatic carbocycles. The lowest BCUT2D eigenvalue weighted by Gasteiger charge is -2.38. The Morgan fingerprint density at radius 2 is 1.81 bits per heavy atom. The molecule has 0 aromatic heterocycles. The van der Waals surface area contributed by atoms with Gasteiger partial charge in [0.25, 0.3) is 0 Å². The van der Waals surface area contributed by atoms with Gasteiger partial charge in [-0.3, -0.25) is 9.69 Å². The van der Waals surface area contributed by atoms with Gasteiger partial charge < -0.3 is 14.2 Å².